The number of hydrogen-bond acceptors (Lipinski definition) is 4. The molecule has 0 fully saturated rings. The van der Waals surface area contributed by atoms with E-state index in [-0.39, 0.29) is 26.2 Å². The van der Waals surface area contributed by atoms with Crippen LogP contribution in [-0.4, -0.2) is 18.4 Å². The van der Waals surface area contributed by atoms with Crippen LogP contribution in [0.25, 0.3) is 0 Å². The molecule has 0 spiro atoms. The highest BCUT2D eigenvalue weighted by Crippen LogP contribution is 2.30. The quantitative estimate of drug-likeness (QED) is 0.636. The van der Waals surface area contributed by atoms with Gasteiger partial charge in [0, 0.05) is 0 Å². The van der Waals surface area contributed by atoms with Crippen molar-refractivity contribution in [3.63, 3.8) is 0 Å². The fourth-order valence-electron chi connectivity index (χ4n) is 1.50. The van der Waals surface area contributed by atoms with Gasteiger partial charge in [0.2, 0.25) is 5.28 Å². The zero-order valence-corrected chi connectivity index (χ0v) is 12.4. The van der Waals surface area contributed by atoms with Crippen LogP contribution >= 0.6 is 34.8 Å². The minimum absolute atomic E-state index is 0.200. The van der Waals surface area contributed by atoms with Crippen LogP contribution in [-0.2, 0) is 15.6 Å². The molecule has 0 bridgehead atoms. The van der Waals surface area contributed by atoms with Crippen molar-refractivity contribution in [2.24, 2.45) is 0 Å². The molecular formula is C11H7Cl3N2O2S. The second kappa shape index (κ2) is 5.63. The number of nitrogens with zero attached hydrogens (tertiary/aromatic N) is 2. The van der Waals surface area contributed by atoms with Gasteiger partial charge in [0.25, 0.3) is 0 Å². The molecule has 0 aliphatic rings. The van der Waals surface area contributed by atoms with Gasteiger partial charge >= 0.3 is 0 Å². The number of halogens is 3. The van der Waals surface area contributed by atoms with Gasteiger partial charge in [-0.2, -0.15) is 0 Å². The van der Waals surface area contributed by atoms with Crippen LogP contribution in [0.15, 0.2) is 35.2 Å². The molecule has 0 N–H and O–H groups in total. The number of hydrogen-bond donors (Lipinski definition) is 0. The summed E-state index contributed by atoms with van der Waals surface area (Å²) in [5, 5.41) is -0.754. The molecule has 0 saturated carbocycles. The van der Waals surface area contributed by atoms with Crippen LogP contribution in [0.3, 0.4) is 0 Å². The van der Waals surface area contributed by atoms with Crippen LogP contribution in [0.5, 0.6) is 0 Å². The highest BCUT2D eigenvalue weighted by Gasteiger charge is 2.25. The molecule has 0 saturated heterocycles. The van der Waals surface area contributed by atoms with E-state index in [1.165, 1.54) is 0 Å². The first kappa shape index (κ1) is 14.5. The number of rotatable bonds is 3. The van der Waals surface area contributed by atoms with E-state index < -0.39 is 9.84 Å². The average molecular weight is 338 g/mol. The predicted octanol–water partition coefficient (Wildman–Crippen LogP) is 3.41. The molecule has 1 heterocycles. The number of sulfone groups is 1. The Morgan fingerprint density at radius 1 is 0.947 bits per heavy atom. The monoisotopic (exact) mass is 336 g/mol. The Morgan fingerprint density at radius 2 is 1.47 bits per heavy atom. The Hall–Kier alpha value is -0.880. The molecule has 19 heavy (non-hydrogen) atoms. The summed E-state index contributed by atoms with van der Waals surface area (Å²) in [5.41, 5.74) is 0.615. The van der Waals surface area contributed by atoms with E-state index in [4.69, 9.17) is 34.8 Å². The van der Waals surface area contributed by atoms with Crippen molar-refractivity contribution in [2.75, 3.05) is 0 Å². The molecule has 0 amide bonds. The zero-order chi connectivity index (χ0) is 14.0. The van der Waals surface area contributed by atoms with Crippen molar-refractivity contribution < 1.29 is 8.42 Å². The third kappa shape index (κ3) is 3.36. The summed E-state index contributed by atoms with van der Waals surface area (Å²) in [4.78, 5) is 6.90. The minimum atomic E-state index is -3.74. The van der Waals surface area contributed by atoms with E-state index in [1.54, 1.807) is 30.3 Å². The smallest absolute Gasteiger partial charge is 0.223 e. The third-order valence-corrected chi connectivity index (χ3v) is 4.93. The second-order valence-corrected chi connectivity index (χ2v) is 6.63. The van der Waals surface area contributed by atoms with Gasteiger partial charge in [0.1, 0.15) is 4.90 Å². The van der Waals surface area contributed by atoms with Gasteiger partial charge in [-0.05, 0) is 17.2 Å². The van der Waals surface area contributed by atoms with Crippen LogP contribution < -0.4 is 0 Å². The van der Waals surface area contributed by atoms with E-state index in [0.717, 1.165) is 0 Å². The van der Waals surface area contributed by atoms with Gasteiger partial charge in [-0.1, -0.05) is 53.5 Å². The Labute approximate surface area is 125 Å². The molecule has 100 valence electrons. The summed E-state index contributed by atoms with van der Waals surface area (Å²) in [6, 6.07) is 8.66. The van der Waals surface area contributed by atoms with Gasteiger partial charge in [-0.25, -0.2) is 18.4 Å². The predicted molar refractivity (Wildman–Crippen MR) is 74.4 cm³/mol. The van der Waals surface area contributed by atoms with Crippen LogP contribution in [0.2, 0.25) is 15.6 Å². The van der Waals surface area contributed by atoms with E-state index >= 15 is 0 Å². The van der Waals surface area contributed by atoms with E-state index in [9.17, 15) is 8.42 Å². The fraction of sp³-hybridized carbons (Fsp3) is 0.0909. The number of aromatic nitrogens is 2. The Bertz CT molecular complexity index is 682. The summed E-state index contributed by atoms with van der Waals surface area (Å²) in [7, 11) is -3.74. The largest absolute Gasteiger partial charge is 0.225 e. The molecule has 0 atom stereocenters. The lowest BCUT2D eigenvalue weighted by Crippen LogP contribution is -2.08. The summed E-state index contributed by atoms with van der Waals surface area (Å²) >= 11 is 17.1. The first-order chi connectivity index (χ1) is 8.90. The Morgan fingerprint density at radius 3 is 2.00 bits per heavy atom. The van der Waals surface area contributed by atoms with Gasteiger partial charge in [0.15, 0.2) is 20.1 Å². The SMILES string of the molecule is O=S(=O)(Cc1ccccc1)c1c(Cl)nc(Cl)nc1Cl. The van der Waals surface area contributed by atoms with Gasteiger partial charge < -0.3 is 0 Å². The first-order valence-corrected chi connectivity index (χ1v) is 7.84. The fourth-order valence-corrected chi connectivity index (χ4v) is 4.22. The van der Waals surface area contributed by atoms with Crippen LogP contribution in [0, 0.1) is 0 Å². The van der Waals surface area contributed by atoms with E-state index in [0.29, 0.717) is 5.56 Å². The number of benzene rings is 1. The Balaban J connectivity index is 2.46. The average Bonchev–Trinajstić information content (AvgIpc) is 2.27. The van der Waals surface area contributed by atoms with Crippen molar-refractivity contribution in [1.82, 2.24) is 9.97 Å². The minimum Gasteiger partial charge on any atom is -0.223 e. The summed E-state index contributed by atoms with van der Waals surface area (Å²) < 4.78 is 24.5. The molecule has 8 heteroatoms. The lowest BCUT2D eigenvalue weighted by Gasteiger charge is -2.07. The molecule has 0 unspecified atom stereocenters. The Kier molecular flexibility index (Phi) is 4.30. The second-order valence-electron chi connectivity index (χ2n) is 3.65. The van der Waals surface area contributed by atoms with Crippen molar-refractivity contribution in [1.29, 1.82) is 0 Å². The standard InChI is InChI=1S/C11H7Cl3N2O2S/c12-9-8(10(13)16-11(14)15-9)19(17,18)6-7-4-2-1-3-5-7/h1-5H,6H2. The van der Waals surface area contributed by atoms with Crippen LogP contribution in [0.1, 0.15) is 5.56 Å². The molecule has 2 aromatic rings. The molecular weight excluding hydrogens is 331 g/mol. The summed E-state index contributed by atoms with van der Waals surface area (Å²) in [6.45, 7) is 0. The van der Waals surface area contributed by atoms with Gasteiger partial charge in [-0.3, -0.25) is 0 Å². The topological polar surface area (TPSA) is 59.9 Å². The first-order valence-electron chi connectivity index (χ1n) is 5.05. The van der Waals surface area contributed by atoms with Crippen LogP contribution in [0.4, 0.5) is 0 Å². The highest BCUT2D eigenvalue weighted by molar-refractivity contribution is 7.90. The van der Waals surface area contributed by atoms with Gasteiger partial charge in [-0.15, -0.1) is 0 Å². The van der Waals surface area contributed by atoms with Crippen molar-refractivity contribution in [2.45, 2.75) is 10.6 Å². The molecule has 4 nitrogen and oxygen atoms in total. The van der Waals surface area contributed by atoms with Gasteiger partial charge in [0.05, 0.1) is 5.75 Å². The van der Waals surface area contributed by atoms with E-state index in [1.807, 2.05) is 0 Å². The zero-order valence-electron chi connectivity index (χ0n) is 9.35. The molecule has 0 radical (unpaired) electrons. The highest BCUT2D eigenvalue weighted by atomic mass is 35.5. The molecule has 0 aliphatic heterocycles. The summed E-state index contributed by atoms with van der Waals surface area (Å²) in [6.07, 6.45) is 0. The van der Waals surface area contributed by atoms with E-state index in [2.05, 4.69) is 9.97 Å². The molecule has 0 aliphatic carbocycles. The normalized spacial score (nSPS) is 11.5. The summed E-state index contributed by atoms with van der Waals surface area (Å²) in [5.74, 6) is -0.238. The maximum absolute atomic E-state index is 12.3. The molecule has 1 aromatic heterocycles. The van der Waals surface area contributed by atoms with Crippen molar-refractivity contribution >= 4 is 44.6 Å². The third-order valence-electron chi connectivity index (χ3n) is 2.27. The maximum atomic E-state index is 12.3. The van der Waals surface area contributed by atoms with Crippen molar-refractivity contribution in [3.8, 4) is 0 Å². The lowest BCUT2D eigenvalue weighted by atomic mass is 10.2. The molecule has 2 rings (SSSR count). The lowest BCUT2D eigenvalue weighted by molar-refractivity contribution is 0.594. The maximum Gasteiger partial charge on any atom is 0.225 e. The molecule has 1 aromatic carbocycles. The van der Waals surface area contributed by atoms with Crippen molar-refractivity contribution in [3.05, 3.63) is 51.5 Å².